The molecule has 0 atom stereocenters. The summed E-state index contributed by atoms with van der Waals surface area (Å²) in [6, 6.07) is 9.72. The van der Waals surface area contributed by atoms with Gasteiger partial charge in [-0.1, -0.05) is 36.9 Å². The van der Waals surface area contributed by atoms with Crippen LogP contribution in [0, 0.1) is 0 Å². The summed E-state index contributed by atoms with van der Waals surface area (Å²) in [7, 11) is 0. The first-order valence-electron chi connectivity index (χ1n) is 5.41. The quantitative estimate of drug-likeness (QED) is 0.695. The molecule has 17 heavy (non-hydrogen) atoms. The Kier molecular flexibility index (Phi) is 5.39. The highest BCUT2D eigenvalue weighted by Crippen LogP contribution is 2.06. The van der Waals surface area contributed by atoms with Crippen molar-refractivity contribution < 1.29 is 15.0 Å². The molecule has 1 aromatic carbocycles. The topological polar surface area (TPSA) is 60.8 Å². The number of carboxylic acids is 1. The zero-order valence-electron chi connectivity index (χ0n) is 9.67. The molecule has 0 saturated heterocycles. The van der Waals surface area contributed by atoms with Crippen molar-refractivity contribution in [1.29, 1.82) is 0 Å². The van der Waals surface area contributed by atoms with Gasteiger partial charge in [-0.25, -0.2) is 4.79 Å². The number of hydrogen-bond donors (Lipinski definition) is 2. The average molecular weight is 235 g/mol. The lowest BCUT2D eigenvalue weighted by molar-refractivity contribution is -0.132. The van der Waals surface area contributed by atoms with E-state index in [0.717, 1.165) is 5.56 Å². The lowest BCUT2D eigenvalue weighted by Crippen LogP contribution is -2.30. The van der Waals surface area contributed by atoms with Gasteiger partial charge in [0.25, 0.3) is 0 Å². The van der Waals surface area contributed by atoms with Gasteiger partial charge in [-0.2, -0.15) is 0 Å². The fourth-order valence-electron chi connectivity index (χ4n) is 1.53. The van der Waals surface area contributed by atoms with E-state index in [4.69, 9.17) is 10.2 Å². The lowest BCUT2D eigenvalue weighted by Gasteiger charge is -2.21. The Morgan fingerprint density at radius 2 is 1.94 bits per heavy atom. The summed E-state index contributed by atoms with van der Waals surface area (Å²) in [4.78, 5) is 12.6. The Labute approximate surface area is 101 Å². The minimum Gasteiger partial charge on any atom is -0.478 e. The maximum absolute atomic E-state index is 10.7. The van der Waals surface area contributed by atoms with Crippen molar-refractivity contribution in [2.45, 2.75) is 6.54 Å². The molecule has 0 bridgehead atoms. The van der Waals surface area contributed by atoms with E-state index < -0.39 is 5.97 Å². The van der Waals surface area contributed by atoms with Crippen LogP contribution in [0.15, 0.2) is 42.5 Å². The van der Waals surface area contributed by atoms with E-state index in [1.165, 1.54) is 0 Å². The molecule has 0 fully saturated rings. The highest BCUT2D eigenvalue weighted by Gasteiger charge is 2.11. The molecule has 92 valence electrons. The lowest BCUT2D eigenvalue weighted by atomic mass is 10.2. The zero-order chi connectivity index (χ0) is 12.7. The molecule has 0 aromatic heterocycles. The number of aliphatic hydroxyl groups excluding tert-OH is 1. The second-order valence-electron chi connectivity index (χ2n) is 3.83. The highest BCUT2D eigenvalue weighted by atomic mass is 16.4. The number of carbonyl (C=O) groups is 1. The third-order valence-electron chi connectivity index (χ3n) is 2.38. The van der Waals surface area contributed by atoms with E-state index in [0.29, 0.717) is 13.1 Å². The number of nitrogens with zero attached hydrogens (tertiary/aromatic N) is 1. The van der Waals surface area contributed by atoms with Crippen LogP contribution in [-0.2, 0) is 11.3 Å². The highest BCUT2D eigenvalue weighted by molar-refractivity contribution is 5.86. The fourth-order valence-corrected chi connectivity index (χ4v) is 1.53. The Hall–Kier alpha value is -1.65. The van der Waals surface area contributed by atoms with Crippen molar-refractivity contribution in [3.8, 4) is 0 Å². The second-order valence-corrected chi connectivity index (χ2v) is 3.83. The third-order valence-corrected chi connectivity index (χ3v) is 2.38. The molecule has 0 amide bonds. The average Bonchev–Trinajstić information content (AvgIpc) is 2.30. The number of aliphatic hydroxyl groups is 1. The molecule has 0 aliphatic heterocycles. The fraction of sp³-hybridized carbons (Fsp3) is 0.308. The van der Waals surface area contributed by atoms with Crippen LogP contribution in [0.25, 0.3) is 0 Å². The molecule has 4 nitrogen and oxygen atoms in total. The Morgan fingerprint density at radius 1 is 1.29 bits per heavy atom. The van der Waals surface area contributed by atoms with Crippen molar-refractivity contribution in [2.24, 2.45) is 0 Å². The van der Waals surface area contributed by atoms with Crippen molar-refractivity contribution in [1.82, 2.24) is 4.90 Å². The second kappa shape index (κ2) is 6.83. The zero-order valence-corrected chi connectivity index (χ0v) is 9.67. The van der Waals surface area contributed by atoms with Gasteiger partial charge in [0, 0.05) is 25.2 Å². The number of carboxylic acid groups (broad SMARTS) is 1. The van der Waals surface area contributed by atoms with Crippen LogP contribution in [0.1, 0.15) is 5.56 Å². The summed E-state index contributed by atoms with van der Waals surface area (Å²) in [5, 5.41) is 17.7. The summed E-state index contributed by atoms with van der Waals surface area (Å²) in [5.74, 6) is -0.999. The molecule has 0 heterocycles. The van der Waals surface area contributed by atoms with E-state index in [9.17, 15) is 4.79 Å². The molecular weight excluding hydrogens is 218 g/mol. The van der Waals surface area contributed by atoms with Crippen LogP contribution in [0.2, 0.25) is 0 Å². The molecule has 4 heteroatoms. The van der Waals surface area contributed by atoms with Gasteiger partial charge in [0.2, 0.25) is 0 Å². The number of hydrogen-bond acceptors (Lipinski definition) is 3. The first kappa shape index (κ1) is 13.4. The first-order valence-corrected chi connectivity index (χ1v) is 5.41. The molecule has 0 saturated carbocycles. The van der Waals surface area contributed by atoms with Gasteiger partial charge < -0.3 is 10.2 Å². The predicted octanol–water partition coefficient (Wildman–Crippen LogP) is 1.12. The van der Waals surface area contributed by atoms with Crippen LogP contribution in [0.4, 0.5) is 0 Å². The van der Waals surface area contributed by atoms with Crippen LogP contribution in [-0.4, -0.2) is 40.8 Å². The number of benzene rings is 1. The van der Waals surface area contributed by atoms with E-state index in [2.05, 4.69) is 6.58 Å². The van der Waals surface area contributed by atoms with Crippen LogP contribution >= 0.6 is 0 Å². The van der Waals surface area contributed by atoms with Crippen molar-refractivity contribution in [3.05, 3.63) is 48.0 Å². The number of aliphatic carboxylic acids is 1. The van der Waals surface area contributed by atoms with Crippen LogP contribution in [0.5, 0.6) is 0 Å². The molecular formula is C13H17NO3. The predicted molar refractivity (Wildman–Crippen MR) is 65.6 cm³/mol. The van der Waals surface area contributed by atoms with E-state index in [1.807, 2.05) is 35.2 Å². The largest absolute Gasteiger partial charge is 0.478 e. The van der Waals surface area contributed by atoms with E-state index in [-0.39, 0.29) is 18.7 Å². The van der Waals surface area contributed by atoms with E-state index in [1.54, 1.807) is 0 Å². The van der Waals surface area contributed by atoms with Gasteiger partial charge in [-0.3, -0.25) is 4.90 Å². The maximum Gasteiger partial charge on any atom is 0.332 e. The normalized spacial score (nSPS) is 10.5. The van der Waals surface area contributed by atoms with Crippen molar-refractivity contribution in [2.75, 3.05) is 19.7 Å². The van der Waals surface area contributed by atoms with Crippen LogP contribution in [0.3, 0.4) is 0 Å². The molecule has 0 spiro atoms. The first-order chi connectivity index (χ1) is 8.13. The van der Waals surface area contributed by atoms with Gasteiger partial charge >= 0.3 is 5.97 Å². The Bertz CT molecular complexity index is 376. The van der Waals surface area contributed by atoms with E-state index >= 15 is 0 Å². The van der Waals surface area contributed by atoms with Crippen molar-refractivity contribution >= 4 is 5.97 Å². The molecule has 0 aliphatic carbocycles. The minimum atomic E-state index is -0.999. The Morgan fingerprint density at radius 3 is 2.47 bits per heavy atom. The van der Waals surface area contributed by atoms with Gasteiger partial charge in [0.05, 0.1) is 6.61 Å². The Balaban J connectivity index is 2.60. The van der Waals surface area contributed by atoms with Crippen LogP contribution < -0.4 is 0 Å². The maximum atomic E-state index is 10.7. The third kappa shape index (κ3) is 4.80. The molecule has 0 unspecified atom stereocenters. The summed E-state index contributed by atoms with van der Waals surface area (Å²) >= 11 is 0. The summed E-state index contributed by atoms with van der Waals surface area (Å²) in [6.07, 6.45) is 0. The van der Waals surface area contributed by atoms with Crippen molar-refractivity contribution in [3.63, 3.8) is 0 Å². The minimum absolute atomic E-state index is 0.000265. The molecule has 1 rings (SSSR count). The van der Waals surface area contributed by atoms with Gasteiger partial charge in [0.1, 0.15) is 0 Å². The molecule has 0 aliphatic rings. The molecule has 0 radical (unpaired) electrons. The number of rotatable bonds is 7. The monoisotopic (exact) mass is 235 g/mol. The summed E-state index contributed by atoms with van der Waals surface area (Å²) in [6.45, 7) is 4.79. The molecule has 2 N–H and O–H groups in total. The smallest absolute Gasteiger partial charge is 0.332 e. The summed E-state index contributed by atoms with van der Waals surface area (Å²) < 4.78 is 0. The summed E-state index contributed by atoms with van der Waals surface area (Å²) in [5.41, 5.74) is 1.22. The standard InChI is InChI=1S/C13H17NO3/c1-11(13(16)17)9-14(7-8-15)10-12-5-3-2-4-6-12/h2-6,15H,1,7-10H2,(H,16,17). The van der Waals surface area contributed by atoms with Gasteiger partial charge in [-0.15, -0.1) is 0 Å². The molecule has 1 aromatic rings. The van der Waals surface area contributed by atoms with Gasteiger partial charge in [0.15, 0.2) is 0 Å². The SMILES string of the molecule is C=C(CN(CCO)Cc1ccccc1)C(=O)O. The van der Waals surface area contributed by atoms with Gasteiger partial charge in [-0.05, 0) is 5.56 Å².